The number of fused-ring (bicyclic) bond motifs is 1. The van der Waals surface area contributed by atoms with E-state index in [1.807, 2.05) is 30.3 Å². The molecule has 0 aliphatic heterocycles. The lowest BCUT2D eigenvalue weighted by Gasteiger charge is -2.07. The molecule has 3 nitrogen and oxygen atoms in total. The topological polar surface area (TPSA) is 49.9 Å². The third kappa shape index (κ3) is 2.62. The number of hydrogen-bond acceptors (Lipinski definition) is 2. The molecule has 4 rings (SSSR count). The number of aromatic amines is 1. The third-order valence-electron chi connectivity index (χ3n) is 4.10. The molecule has 0 aliphatic carbocycles. The summed E-state index contributed by atoms with van der Waals surface area (Å²) in [5.74, 6) is -0.476. The van der Waals surface area contributed by atoms with E-state index in [4.69, 9.17) is 0 Å². The highest BCUT2D eigenvalue weighted by Gasteiger charge is 2.27. The predicted octanol–water partition coefficient (Wildman–Crippen LogP) is 4.81. The molecule has 25 heavy (non-hydrogen) atoms. The second-order valence-electron chi connectivity index (χ2n) is 5.70. The normalized spacial score (nSPS) is 11.7. The Hall–Kier alpha value is -2.92. The Balaban J connectivity index is 2.10. The van der Waals surface area contributed by atoms with Gasteiger partial charge in [0.15, 0.2) is 0 Å². The Morgan fingerprint density at radius 3 is 2.12 bits per heavy atom. The molecular weight excluding hydrogens is 337 g/mol. The van der Waals surface area contributed by atoms with Gasteiger partial charge in [0.1, 0.15) is 10.7 Å². The second-order valence-corrected chi connectivity index (χ2v) is 7.59. The molecule has 0 radical (unpaired) electrons. The molecule has 0 unspecified atom stereocenters. The van der Waals surface area contributed by atoms with Crippen molar-refractivity contribution in [3.8, 4) is 11.3 Å². The summed E-state index contributed by atoms with van der Waals surface area (Å²) in [5, 5.41) is 0.350. The Morgan fingerprint density at radius 2 is 1.44 bits per heavy atom. The van der Waals surface area contributed by atoms with Gasteiger partial charge in [-0.1, -0.05) is 48.5 Å². The molecule has 0 amide bonds. The van der Waals surface area contributed by atoms with Crippen molar-refractivity contribution in [3.05, 3.63) is 84.7 Å². The van der Waals surface area contributed by atoms with Gasteiger partial charge in [-0.15, -0.1) is 0 Å². The zero-order valence-electron chi connectivity index (χ0n) is 13.1. The first-order valence-corrected chi connectivity index (χ1v) is 9.22. The lowest BCUT2D eigenvalue weighted by atomic mass is 10.1. The summed E-state index contributed by atoms with van der Waals surface area (Å²) in [6, 6.07) is 21.5. The van der Waals surface area contributed by atoms with Gasteiger partial charge in [0.05, 0.1) is 10.6 Å². The SMILES string of the molecule is O=S(=O)(c1ccccc1)c1c(-c2ccccc2)[nH]c2ccc(F)cc12. The highest BCUT2D eigenvalue weighted by atomic mass is 32.2. The molecule has 4 aromatic rings. The fourth-order valence-electron chi connectivity index (χ4n) is 2.94. The van der Waals surface area contributed by atoms with Gasteiger partial charge >= 0.3 is 0 Å². The van der Waals surface area contributed by atoms with Gasteiger partial charge in [-0.05, 0) is 35.9 Å². The zero-order valence-corrected chi connectivity index (χ0v) is 13.9. The third-order valence-corrected chi connectivity index (χ3v) is 5.95. The van der Waals surface area contributed by atoms with Gasteiger partial charge in [-0.2, -0.15) is 0 Å². The maximum Gasteiger partial charge on any atom is 0.209 e. The molecule has 1 aromatic heterocycles. The van der Waals surface area contributed by atoms with Crippen LogP contribution >= 0.6 is 0 Å². The molecule has 0 bridgehead atoms. The van der Waals surface area contributed by atoms with Crippen molar-refractivity contribution in [1.82, 2.24) is 4.98 Å². The zero-order chi connectivity index (χ0) is 17.4. The van der Waals surface area contributed by atoms with Crippen LogP contribution in [0.2, 0.25) is 0 Å². The number of rotatable bonds is 3. The Kier molecular flexibility index (Phi) is 3.66. The van der Waals surface area contributed by atoms with E-state index in [1.165, 1.54) is 12.1 Å². The van der Waals surface area contributed by atoms with E-state index in [2.05, 4.69) is 4.98 Å². The first kappa shape index (κ1) is 15.6. The number of H-pyrrole nitrogens is 1. The maximum atomic E-state index is 13.8. The summed E-state index contributed by atoms with van der Waals surface area (Å²) in [6.07, 6.45) is 0. The van der Waals surface area contributed by atoms with Gasteiger partial charge in [0.25, 0.3) is 0 Å². The minimum absolute atomic E-state index is 0.0967. The smallest absolute Gasteiger partial charge is 0.209 e. The van der Waals surface area contributed by atoms with E-state index in [-0.39, 0.29) is 9.79 Å². The first-order chi connectivity index (χ1) is 12.1. The van der Waals surface area contributed by atoms with Crippen molar-refractivity contribution in [2.45, 2.75) is 9.79 Å². The molecule has 124 valence electrons. The van der Waals surface area contributed by atoms with Crippen molar-refractivity contribution in [2.24, 2.45) is 0 Å². The number of halogens is 1. The lowest BCUT2D eigenvalue weighted by molar-refractivity contribution is 0.597. The molecule has 0 aliphatic rings. The van der Waals surface area contributed by atoms with Crippen molar-refractivity contribution in [3.63, 3.8) is 0 Å². The van der Waals surface area contributed by atoms with E-state index in [0.717, 1.165) is 5.56 Å². The van der Waals surface area contributed by atoms with Gasteiger partial charge in [0, 0.05) is 10.9 Å². The standard InChI is InChI=1S/C20H14FNO2S/c21-15-11-12-18-17(13-15)20(19(22-18)14-7-3-1-4-8-14)25(23,24)16-9-5-2-6-10-16/h1-13,22H. The molecule has 3 aromatic carbocycles. The summed E-state index contributed by atoms with van der Waals surface area (Å²) in [6.45, 7) is 0. The number of hydrogen-bond donors (Lipinski definition) is 1. The van der Waals surface area contributed by atoms with E-state index in [9.17, 15) is 12.8 Å². The van der Waals surface area contributed by atoms with Crippen LogP contribution in [-0.2, 0) is 9.84 Å². The summed E-state index contributed by atoms with van der Waals surface area (Å²) >= 11 is 0. The Bertz CT molecular complexity index is 1150. The molecule has 5 heteroatoms. The minimum atomic E-state index is -3.82. The largest absolute Gasteiger partial charge is 0.353 e. The van der Waals surface area contributed by atoms with Crippen LogP contribution in [-0.4, -0.2) is 13.4 Å². The van der Waals surface area contributed by atoms with E-state index in [1.54, 1.807) is 36.4 Å². The summed E-state index contributed by atoms with van der Waals surface area (Å²) in [5.41, 5.74) is 1.77. The van der Waals surface area contributed by atoms with Crippen molar-refractivity contribution in [1.29, 1.82) is 0 Å². The number of nitrogens with one attached hydrogen (secondary N) is 1. The average Bonchev–Trinajstić information content (AvgIpc) is 3.02. The van der Waals surface area contributed by atoms with Crippen LogP contribution < -0.4 is 0 Å². The van der Waals surface area contributed by atoms with Gasteiger partial charge in [-0.3, -0.25) is 0 Å². The fraction of sp³-hybridized carbons (Fsp3) is 0. The van der Waals surface area contributed by atoms with Crippen LogP contribution in [0.3, 0.4) is 0 Å². The summed E-state index contributed by atoms with van der Waals surface area (Å²) in [7, 11) is -3.82. The van der Waals surface area contributed by atoms with Gasteiger partial charge in [-0.25, -0.2) is 12.8 Å². The summed E-state index contributed by atoms with van der Waals surface area (Å²) in [4.78, 5) is 3.41. The molecule has 0 atom stereocenters. The van der Waals surface area contributed by atoms with E-state index >= 15 is 0 Å². The molecular formula is C20H14FNO2S. The fourth-order valence-corrected chi connectivity index (χ4v) is 4.59. The second kappa shape index (κ2) is 5.86. The molecule has 1 N–H and O–H groups in total. The predicted molar refractivity (Wildman–Crippen MR) is 95.6 cm³/mol. The van der Waals surface area contributed by atoms with Crippen LogP contribution in [0.25, 0.3) is 22.2 Å². The van der Waals surface area contributed by atoms with E-state index in [0.29, 0.717) is 16.6 Å². The van der Waals surface area contributed by atoms with Crippen LogP contribution in [0.5, 0.6) is 0 Å². The Labute approximate surface area is 144 Å². The molecule has 0 fully saturated rings. The average molecular weight is 351 g/mol. The van der Waals surface area contributed by atoms with Crippen LogP contribution in [0.4, 0.5) is 4.39 Å². The molecule has 0 saturated heterocycles. The van der Waals surface area contributed by atoms with Crippen LogP contribution in [0.1, 0.15) is 0 Å². The summed E-state index contributed by atoms with van der Waals surface area (Å²) < 4.78 is 40.4. The highest BCUT2D eigenvalue weighted by Crippen LogP contribution is 2.37. The molecule has 0 spiro atoms. The first-order valence-electron chi connectivity index (χ1n) is 7.74. The van der Waals surface area contributed by atoms with Crippen LogP contribution in [0, 0.1) is 5.82 Å². The van der Waals surface area contributed by atoms with Crippen molar-refractivity contribution < 1.29 is 12.8 Å². The molecule has 1 heterocycles. The number of sulfone groups is 1. The van der Waals surface area contributed by atoms with Crippen LogP contribution in [0.15, 0.2) is 88.7 Å². The van der Waals surface area contributed by atoms with Gasteiger partial charge < -0.3 is 4.98 Å². The van der Waals surface area contributed by atoms with Crippen molar-refractivity contribution >= 4 is 20.7 Å². The maximum absolute atomic E-state index is 13.8. The monoisotopic (exact) mass is 351 g/mol. The molecule has 0 saturated carbocycles. The number of benzene rings is 3. The number of aromatic nitrogens is 1. The quantitative estimate of drug-likeness (QED) is 0.576. The van der Waals surface area contributed by atoms with Gasteiger partial charge in [0.2, 0.25) is 9.84 Å². The lowest BCUT2D eigenvalue weighted by Crippen LogP contribution is -2.03. The minimum Gasteiger partial charge on any atom is -0.353 e. The highest BCUT2D eigenvalue weighted by molar-refractivity contribution is 7.91. The Morgan fingerprint density at radius 1 is 0.800 bits per heavy atom. The van der Waals surface area contributed by atoms with E-state index < -0.39 is 15.7 Å². The van der Waals surface area contributed by atoms with Crippen molar-refractivity contribution in [2.75, 3.05) is 0 Å².